The second kappa shape index (κ2) is 7.41. The highest BCUT2D eigenvalue weighted by atomic mass is 16.5. The van der Waals surface area contributed by atoms with Crippen molar-refractivity contribution in [3.63, 3.8) is 0 Å². The molecule has 3 aromatic rings. The van der Waals surface area contributed by atoms with Crippen molar-refractivity contribution in [2.24, 2.45) is 0 Å². The molecule has 0 atom stereocenters. The van der Waals surface area contributed by atoms with Crippen molar-refractivity contribution in [2.45, 2.75) is 13.8 Å². The molecule has 1 aromatic carbocycles. The standard InChI is InChI=1S/C20H18N2O5/c1-4-27-20(25)17-18(19(24)13-5-8-15(26-3)9-6-13)22-11-14(12(2)23)7-10-16(22)21-17/h5-11H,4H2,1-3H3. The molecule has 0 saturated carbocycles. The van der Waals surface area contributed by atoms with Crippen molar-refractivity contribution in [1.82, 2.24) is 9.38 Å². The number of esters is 1. The highest BCUT2D eigenvalue weighted by Crippen LogP contribution is 2.21. The lowest BCUT2D eigenvalue weighted by atomic mass is 10.1. The van der Waals surface area contributed by atoms with Gasteiger partial charge in [0.2, 0.25) is 5.78 Å². The molecule has 0 aliphatic carbocycles. The van der Waals surface area contributed by atoms with Crippen LogP contribution in [0.2, 0.25) is 0 Å². The van der Waals surface area contributed by atoms with Crippen molar-refractivity contribution >= 4 is 23.2 Å². The number of benzene rings is 1. The van der Waals surface area contributed by atoms with Crippen LogP contribution in [0, 0.1) is 0 Å². The molecule has 138 valence electrons. The maximum atomic E-state index is 13.1. The summed E-state index contributed by atoms with van der Waals surface area (Å²) in [6.45, 7) is 3.25. The SMILES string of the molecule is CCOC(=O)c1nc2ccc(C(C)=O)cn2c1C(=O)c1ccc(OC)cc1. The summed E-state index contributed by atoms with van der Waals surface area (Å²) >= 11 is 0. The number of hydrogen-bond acceptors (Lipinski definition) is 6. The van der Waals surface area contributed by atoms with Gasteiger partial charge in [0.1, 0.15) is 17.1 Å². The Hall–Kier alpha value is -3.48. The second-order valence-corrected chi connectivity index (χ2v) is 5.79. The highest BCUT2D eigenvalue weighted by molar-refractivity contribution is 6.13. The van der Waals surface area contributed by atoms with Gasteiger partial charge in [0.25, 0.3) is 0 Å². The minimum Gasteiger partial charge on any atom is -0.497 e. The summed E-state index contributed by atoms with van der Waals surface area (Å²) in [6, 6.07) is 9.70. The van der Waals surface area contributed by atoms with Crippen LogP contribution in [0.4, 0.5) is 0 Å². The Bertz CT molecular complexity index is 1030. The zero-order valence-electron chi connectivity index (χ0n) is 15.2. The van der Waals surface area contributed by atoms with Gasteiger partial charge in [-0.15, -0.1) is 0 Å². The number of hydrogen-bond donors (Lipinski definition) is 0. The molecule has 0 fully saturated rings. The fourth-order valence-electron chi connectivity index (χ4n) is 2.69. The van der Waals surface area contributed by atoms with Crippen LogP contribution >= 0.6 is 0 Å². The van der Waals surface area contributed by atoms with Crippen molar-refractivity contribution < 1.29 is 23.9 Å². The third kappa shape index (κ3) is 3.44. The van der Waals surface area contributed by atoms with Gasteiger partial charge in [-0.1, -0.05) is 0 Å². The highest BCUT2D eigenvalue weighted by Gasteiger charge is 2.26. The Morgan fingerprint density at radius 1 is 1.04 bits per heavy atom. The van der Waals surface area contributed by atoms with Crippen LogP contribution in [0.15, 0.2) is 42.6 Å². The van der Waals surface area contributed by atoms with E-state index in [4.69, 9.17) is 9.47 Å². The van der Waals surface area contributed by atoms with E-state index in [0.717, 1.165) is 0 Å². The van der Waals surface area contributed by atoms with Crippen LogP contribution in [-0.4, -0.2) is 40.6 Å². The molecule has 0 N–H and O–H groups in total. The number of aromatic nitrogens is 2. The van der Waals surface area contributed by atoms with Gasteiger partial charge < -0.3 is 9.47 Å². The Labute approximate surface area is 155 Å². The lowest BCUT2D eigenvalue weighted by Crippen LogP contribution is -2.14. The lowest BCUT2D eigenvalue weighted by molar-refractivity contribution is 0.0517. The van der Waals surface area contributed by atoms with Crippen molar-refractivity contribution in [3.8, 4) is 5.75 Å². The summed E-state index contributed by atoms with van der Waals surface area (Å²) in [6.07, 6.45) is 1.50. The number of nitrogens with zero attached hydrogens (tertiary/aromatic N) is 2. The number of methoxy groups -OCH3 is 1. The molecule has 0 saturated heterocycles. The third-order valence-electron chi connectivity index (χ3n) is 4.06. The van der Waals surface area contributed by atoms with E-state index in [1.807, 2.05) is 0 Å². The van der Waals surface area contributed by atoms with E-state index in [-0.39, 0.29) is 23.8 Å². The number of rotatable bonds is 6. The van der Waals surface area contributed by atoms with Crippen molar-refractivity contribution in [1.29, 1.82) is 0 Å². The summed E-state index contributed by atoms with van der Waals surface area (Å²) in [5.41, 5.74) is 1.10. The number of pyridine rings is 1. The fourth-order valence-corrected chi connectivity index (χ4v) is 2.69. The number of carbonyl (C=O) groups excluding carboxylic acids is 3. The summed E-state index contributed by atoms with van der Waals surface area (Å²) in [5.74, 6) is -0.656. The van der Waals surface area contributed by atoms with E-state index in [2.05, 4.69) is 4.98 Å². The Morgan fingerprint density at radius 3 is 2.30 bits per heavy atom. The molecule has 0 bridgehead atoms. The maximum Gasteiger partial charge on any atom is 0.359 e. The summed E-state index contributed by atoms with van der Waals surface area (Å²) in [5, 5.41) is 0. The molecular formula is C20H18N2O5. The Kier molecular flexibility index (Phi) is 5.03. The van der Waals surface area contributed by atoms with Crippen LogP contribution in [0.1, 0.15) is 50.7 Å². The van der Waals surface area contributed by atoms with Crippen molar-refractivity contribution in [3.05, 3.63) is 65.1 Å². The minimum absolute atomic E-state index is 0.0525. The average molecular weight is 366 g/mol. The number of carbonyl (C=O) groups is 3. The number of ether oxygens (including phenoxy) is 2. The normalized spacial score (nSPS) is 10.6. The smallest absolute Gasteiger partial charge is 0.359 e. The number of fused-ring (bicyclic) bond motifs is 1. The molecule has 0 amide bonds. The molecule has 3 rings (SSSR count). The predicted molar refractivity (Wildman–Crippen MR) is 97.6 cm³/mol. The van der Waals surface area contributed by atoms with Crippen LogP contribution in [-0.2, 0) is 4.74 Å². The monoisotopic (exact) mass is 366 g/mol. The largest absolute Gasteiger partial charge is 0.497 e. The van der Waals surface area contributed by atoms with E-state index >= 15 is 0 Å². The van der Waals surface area contributed by atoms with Gasteiger partial charge in [0, 0.05) is 17.3 Å². The fraction of sp³-hybridized carbons (Fsp3) is 0.200. The van der Waals surface area contributed by atoms with Gasteiger partial charge in [-0.2, -0.15) is 0 Å². The van der Waals surface area contributed by atoms with Crippen LogP contribution < -0.4 is 4.74 Å². The Morgan fingerprint density at radius 2 is 1.70 bits per heavy atom. The predicted octanol–water partition coefficient (Wildman–Crippen LogP) is 2.95. The topological polar surface area (TPSA) is 87.0 Å². The van der Waals surface area contributed by atoms with E-state index in [1.165, 1.54) is 24.6 Å². The average Bonchev–Trinajstić information content (AvgIpc) is 3.06. The molecule has 2 aromatic heterocycles. The molecule has 7 heteroatoms. The first-order chi connectivity index (χ1) is 13.0. The number of imidazole rings is 1. The molecule has 0 radical (unpaired) electrons. The molecule has 0 aliphatic heterocycles. The van der Waals surface area contributed by atoms with E-state index < -0.39 is 11.8 Å². The van der Waals surface area contributed by atoms with Gasteiger partial charge in [-0.25, -0.2) is 9.78 Å². The third-order valence-corrected chi connectivity index (χ3v) is 4.06. The second-order valence-electron chi connectivity index (χ2n) is 5.79. The van der Waals surface area contributed by atoms with E-state index in [1.54, 1.807) is 43.3 Å². The van der Waals surface area contributed by atoms with Gasteiger partial charge in [-0.3, -0.25) is 14.0 Å². The summed E-state index contributed by atoms with van der Waals surface area (Å²) < 4.78 is 11.6. The lowest BCUT2D eigenvalue weighted by Gasteiger charge is -2.06. The molecule has 0 unspecified atom stereocenters. The first-order valence-corrected chi connectivity index (χ1v) is 8.35. The first-order valence-electron chi connectivity index (χ1n) is 8.35. The van der Waals surface area contributed by atoms with Crippen LogP contribution in [0.5, 0.6) is 5.75 Å². The maximum absolute atomic E-state index is 13.1. The molecule has 27 heavy (non-hydrogen) atoms. The molecular weight excluding hydrogens is 348 g/mol. The summed E-state index contributed by atoms with van der Waals surface area (Å²) in [4.78, 5) is 41.5. The van der Waals surface area contributed by atoms with Gasteiger partial charge in [0.15, 0.2) is 11.5 Å². The van der Waals surface area contributed by atoms with Crippen LogP contribution in [0.25, 0.3) is 5.65 Å². The summed E-state index contributed by atoms with van der Waals surface area (Å²) in [7, 11) is 1.53. The zero-order valence-corrected chi connectivity index (χ0v) is 15.2. The van der Waals surface area contributed by atoms with E-state index in [0.29, 0.717) is 22.5 Å². The minimum atomic E-state index is -0.692. The molecule has 0 aliphatic rings. The zero-order chi connectivity index (χ0) is 19.6. The number of Topliss-reactive ketones (excluding diaryl/α,β-unsaturated/α-hetero) is 1. The van der Waals surface area contributed by atoms with Gasteiger partial charge >= 0.3 is 5.97 Å². The molecule has 0 spiro atoms. The van der Waals surface area contributed by atoms with Crippen LogP contribution in [0.3, 0.4) is 0 Å². The van der Waals surface area contributed by atoms with Crippen molar-refractivity contribution in [2.75, 3.05) is 13.7 Å². The van der Waals surface area contributed by atoms with Gasteiger partial charge in [-0.05, 0) is 50.2 Å². The van der Waals surface area contributed by atoms with E-state index in [9.17, 15) is 14.4 Å². The Balaban J connectivity index is 2.20. The first kappa shape index (κ1) is 18.3. The van der Waals surface area contributed by atoms with Gasteiger partial charge in [0.05, 0.1) is 13.7 Å². The quantitative estimate of drug-likeness (QED) is 0.492. The number of ketones is 2. The molecule has 7 nitrogen and oxygen atoms in total. The molecule has 2 heterocycles.